The molecule has 19 heavy (non-hydrogen) atoms. The van der Waals surface area contributed by atoms with Crippen LogP contribution in [0.4, 0.5) is 5.13 Å². The Morgan fingerprint density at radius 2 is 2.11 bits per heavy atom. The van der Waals surface area contributed by atoms with Crippen molar-refractivity contribution in [2.75, 3.05) is 5.73 Å². The van der Waals surface area contributed by atoms with Crippen molar-refractivity contribution in [2.24, 2.45) is 5.92 Å². The van der Waals surface area contributed by atoms with E-state index >= 15 is 0 Å². The van der Waals surface area contributed by atoms with E-state index in [0.29, 0.717) is 21.6 Å². The number of nitrogens with zero attached hydrogens (tertiary/aromatic N) is 3. The maximum absolute atomic E-state index is 12.5. The molecule has 5 nitrogen and oxygen atoms in total. The highest BCUT2D eigenvalue weighted by Gasteiger charge is 2.12. The average Bonchev–Trinajstić information content (AvgIpc) is 2.75. The summed E-state index contributed by atoms with van der Waals surface area (Å²) in [5.74, 6) is 0.562. The number of hydrogen-bond donors (Lipinski definition) is 1. The monoisotopic (exact) mass is 278 g/mol. The summed E-state index contributed by atoms with van der Waals surface area (Å²) < 4.78 is 1.80. The topological polar surface area (TPSA) is 73.8 Å². The molecule has 2 aromatic heterocycles. The van der Waals surface area contributed by atoms with Gasteiger partial charge in [-0.15, -0.1) is 10.2 Å². The Morgan fingerprint density at radius 1 is 1.37 bits per heavy atom. The quantitative estimate of drug-likeness (QED) is 0.931. The molecule has 0 fully saturated rings. The van der Waals surface area contributed by atoms with Crippen molar-refractivity contribution < 1.29 is 0 Å². The van der Waals surface area contributed by atoms with Crippen LogP contribution in [0.5, 0.6) is 0 Å². The van der Waals surface area contributed by atoms with E-state index in [-0.39, 0.29) is 5.56 Å². The number of hydrogen-bond acceptors (Lipinski definition) is 5. The average molecular weight is 278 g/mol. The molecule has 2 rings (SSSR count). The van der Waals surface area contributed by atoms with Crippen molar-refractivity contribution in [3.05, 3.63) is 28.2 Å². The van der Waals surface area contributed by atoms with Crippen molar-refractivity contribution in [2.45, 2.75) is 33.7 Å². The summed E-state index contributed by atoms with van der Waals surface area (Å²) in [5.41, 5.74) is 7.09. The number of anilines is 1. The molecule has 0 radical (unpaired) electrons. The van der Waals surface area contributed by atoms with Crippen LogP contribution in [0.15, 0.2) is 16.9 Å². The fourth-order valence-corrected chi connectivity index (χ4v) is 2.47. The highest BCUT2D eigenvalue weighted by molar-refractivity contribution is 7.18. The molecule has 0 atom stereocenters. The number of rotatable bonds is 4. The Labute approximate surface area is 116 Å². The highest BCUT2D eigenvalue weighted by atomic mass is 32.1. The number of nitrogens with two attached hydrogens (primary N) is 1. The SMILES string of the molecule is Cc1ccc(-c2nnc(N)s2)c(=O)n1CCC(C)C. The van der Waals surface area contributed by atoms with Crippen LogP contribution in [-0.4, -0.2) is 14.8 Å². The molecular formula is C13H18N4OS. The summed E-state index contributed by atoms with van der Waals surface area (Å²) in [6.45, 7) is 6.97. The van der Waals surface area contributed by atoms with Crippen molar-refractivity contribution >= 4 is 16.5 Å². The van der Waals surface area contributed by atoms with Gasteiger partial charge < -0.3 is 10.3 Å². The predicted molar refractivity (Wildman–Crippen MR) is 78.2 cm³/mol. The lowest BCUT2D eigenvalue weighted by atomic mass is 10.1. The van der Waals surface area contributed by atoms with E-state index in [1.807, 2.05) is 13.0 Å². The maximum atomic E-state index is 12.5. The maximum Gasteiger partial charge on any atom is 0.261 e. The molecule has 6 heteroatoms. The molecule has 2 aromatic rings. The summed E-state index contributed by atoms with van der Waals surface area (Å²) >= 11 is 1.24. The summed E-state index contributed by atoms with van der Waals surface area (Å²) in [7, 11) is 0. The third kappa shape index (κ3) is 3.01. The van der Waals surface area contributed by atoms with Crippen molar-refractivity contribution in [3.63, 3.8) is 0 Å². The number of pyridine rings is 1. The Hall–Kier alpha value is -1.69. The zero-order chi connectivity index (χ0) is 14.0. The summed E-state index contributed by atoms with van der Waals surface area (Å²) in [6.07, 6.45) is 0.975. The van der Waals surface area contributed by atoms with Crippen LogP contribution in [0.25, 0.3) is 10.6 Å². The van der Waals surface area contributed by atoms with Crippen LogP contribution < -0.4 is 11.3 Å². The first-order chi connectivity index (χ1) is 8.99. The fourth-order valence-electron chi connectivity index (χ4n) is 1.84. The van der Waals surface area contributed by atoms with Gasteiger partial charge in [0.1, 0.15) is 0 Å². The van der Waals surface area contributed by atoms with E-state index in [9.17, 15) is 4.79 Å². The van der Waals surface area contributed by atoms with E-state index in [2.05, 4.69) is 24.0 Å². The molecule has 0 aliphatic heterocycles. The Balaban J connectivity index is 2.42. The molecule has 2 N–H and O–H groups in total. The van der Waals surface area contributed by atoms with Crippen LogP contribution in [-0.2, 0) is 6.54 Å². The third-order valence-corrected chi connectivity index (χ3v) is 3.78. The molecule has 2 heterocycles. The molecule has 0 bridgehead atoms. The molecule has 0 aromatic carbocycles. The van der Waals surface area contributed by atoms with Gasteiger partial charge in [-0.05, 0) is 31.4 Å². The van der Waals surface area contributed by atoms with Crippen molar-refractivity contribution in [1.82, 2.24) is 14.8 Å². The first kappa shape index (κ1) is 13.7. The number of nitrogen functional groups attached to an aromatic ring is 1. The largest absolute Gasteiger partial charge is 0.374 e. The Bertz CT molecular complexity index is 630. The lowest BCUT2D eigenvalue weighted by Crippen LogP contribution is -2.24. The minimum atomic E-state index is -0.0169. The number of aryl methyl sites for hydroxylation is 1. The first-order valence-corrected chi connectivity index (χ1v) is 7.10. The lowest BCUT2D eigenvalue weighted by Gasteiger charge is -2.12. The minimum absolute atomic E-state index is 0.0169. The van der Waals surface area contributed by atoms with Gasteiger partial charge in [0.25, 0.3) is 5.56 Å². The zero-order valence-electron chi connectivity index (χ0n) is 11.4. The summed E-state index contributed by atoms with van der Waals surface area (Å²) in [6, 6.07) is 3.73. The molecule has 0 aliphatic rings. The van der Waals surface area contributed by atoms with E-state index in [1.165, 1.54) is 11.3 Å². The van der Waals surface area contributed by atoms with E-state index in [4.69, 9.17) is 5.73 Å². The van der Waals surface area contributed by atoms with Crippen LogP contribution in [0, 0.1) is 12.8 Å². The van der Waals surface area contributed by atoms with Gasteiger partial charge in [-0.25, -0.2) is 0 Å². The Morgan fingerprint density at radius 3 is 2.68 bits per heavy atom. The van der Waals surface area contributed by atoms with E-state index in [1.54, 1.807) is 10.6 Å². The van der Waals surface area contributed by atoms with Crippen LogP contribution in [0.3, 0.4) is 0 Å². The van der Waals surface area contributed by atoms with Crippen LogP contribution >= 0.6 is 11.3 Å². The lowest BCUT2D eigenvalue weighted by molar-refractivity contribution is 0.502. The number of aromatic nitrogens is 3. The van der Waals surface area contributed by atoms with Gasteiger partial charge in [0.15, 0.2) is 5.01 Å². The smallest absolute Gasteiger partial charge is 0.261 e. The second kappa shape index (κ2) is 5.52. The van der Waals surface area contributed by atoms with Crippen molar-refractivity contribution in [3.8, 4) is 10.6 Å². The molecule has 0 spiro atoms. The normalized spacial score (nSPS) is 11.2. The van der Waals surface area contributed by atoms with Gasteiger partial charge in [0, 0.05) is 12.2 Å². The molecular weight excluding hydrogens is 260 g/mol. The van der Waals surface area contributed by atoms with Crippen molar-refractivity contribution in [1.29, 1.82) is 0 Å². The molecule has 0 saturated carbocycles. The predicted octanol–water partition coefficient (Wildman–Crippen LogP) is 2.30. The van der Waals surface area contributed by atoms with Gasteiger partial charge in [-0.3, -0.25) is 4.79 Å². The minimum Gasteiger partial charge on any atom is -0.374 e. The molecule has 0 aliphatic carbocycles. The molecule has 0 amide bonds. The van der Waals surface area contributed by atoms with Crippen LogP contribution in [0.1, 0.15) is 26.0 Å². The van der Waals surface area contributed by atoms with Gasteiger partial charge in [0.2, 0.25) is 5.13 Å². The molecule has 102 valence electrons. The standard InChI is InChI=1S/C13H18N4OS/c1-8(2)6-7-17-9(3)4-5-10(12(17)18)11-15-16-13(14)19-11/h4-5,8H,6-7H2,1-3H3,(H2,14,16). The summed E-state index contributed by atoms with van der Waals surface area (Å²) in [5, 5.41) is 8.66. The van der Waals surface area contributed by atoms with Gasteiger partial charge in [0.05, 0.1) is 5.56 Å². The Kier molecular flexibility index (Phi) is 3.99. The van der Waals surface area contributed by atoms with Gasteiger partial charge in [-0.1, -0.05) is 25.2 Å². The first-order valence-electron chi connectivity index (χ1n) is 6.29. The zero-order valence-corrected chi connectivity index (χ0v) is 12.2. The third-order valence-electron chi connectivity index (χ3n) is 2.99. The molecule has 0 unspecified atom stereocenters. The van der Waals surface area contributed by atoms with Gasteiger partial charge in [-0.2, -0.15) is 0 Å². The van der Waals surface area contributed by atoms with Crippen LogP contribution in [0.2, 0.25) is 0 Å². The fraction of sp³-hybridized carbons (Fsp3) is 0.462. The summed E-state index contributed by atoms with van der Waals surface area (Å²) in [4.78, 5) is 12.5. The molecule has 0 saturated heterocycles. The van der Waals surface area contributed by atoms with E-state index in [0.717, 1.165) is 18.7 Å². The van der Waals surface area contributed by atoms with Gasteiger partial charge >= 0.3 is 0 Å². The second-order valence-corrected chi connectivity index (χ2v) is 5.98. The highest BCUT2D eigenvalue weighted by Crippen LogP contribution is 2.22. The second-order valence-electron chi connectivity index (χ2n) is 4.97. The van der Waals surface area contributed by atoms with E-state index < -0.39 is 0 Å².